The third-order valence-electron chi connectivity index (χ3n) is 1.08. The fourth-order valence-electron chi connectivity index (χ4n) is 0.558. The molecule has 0 rings (SSSR count). The highest BCUT2D eigenvalue weighted by molar-refractivity contribution is 4.85. The Kier molecular flexibility index (Phi) is 4.08. The number of ether oxygens (including phenoxy) is 1. The van der Waals surface area contributed by atoms with E-state index in [1.54, 1.807) is 0 Å². The van der Waals surface area contributed by atoms with Gasteiger partial charge in [-0.05, 0) is 12.8 Å². The molecule has 0 saturated heterocycles. The van der Waals surface area contributed by atoms with Gasteiger partial charge in [0.25, 0.3) is 0 Å². The van der Waals surface area contributed by atoms with E-state index >= 15 is 0 Å². The van der Waals surface area contributed by atoms with E-state index in [1.807, 2.05) is 20.8 Å². The van der Waals surface area contributed by atoms with E-state index in [2.05, 4.69) is 6.07 Å². The van der Waals surface area contributed by atoms with E-state index < -0.39 is 0 Å². The van der Waals surface area contributed by atoms with Crippen molar-refractivity contribution in [1.82, 2.24) is 0 Å². The molecule has 0 aliphatic carbocycles. The molecule has 2 nitrogen and oxygen atoms in total. The highest BCUT2D eigenvalue weighted by Crippen LogP contribution is 2.03. The van der Waals surface area contributed by atoms with Crippen molar-refractivity contribution in [3.05, 3.63) is 0 Å². The maximum atomic E-state index is 8.45. The van der Waals surface area contributed by atoms with Crippen LogP contribution < -0.4 is 0 Å². The van der Waals surface area contributed by atoms with Crippen LogP contribution in [0.15, 0.2) is 0 Å². The predicted molar refractivity (Wildman–Crippen MR) is 35.9 cm³/mol. The van der Waals surface area contributed by atoms with Crippen molar-refractivity contribution in [2.75, 3.05) is 6.61 Å². The number of hydrogen-bond donors (Lipinski definition) is 0. The predicted octanol–water partition coefficient (Wildman–Crippen LogP) is 1.57. The maximum absolute atomic E-state index is 8.45. The summed E-state index contributed by atoms with van der Waals surface area (Å²) in [5.41, 5.74) is 0. The molecule has 2 heteroatoms. The fraction of sp³-hybridized carbons (Fsp3) is 0.857. The summed E-state index contributed by atoms with van der Waals surface area (Å²) in [5.74, 6) is 0.301. The molecule has 0 unspecified atom stereocenters. The molecule has 0 spiro atoms. The zero-order valence-electron chi connectivity index (χ0n) is 6.22. The molecule has 0 aromatic carbocycles. The van der Waals surface area contributed by atoms with Gasteiger partial charge in [0.1, 0.15) is 6.10 Å². The smallest absolute Gasteiger partial charge is 0.146 e. The Balaban J connectivity index is 3.58. The first-order valence-corrected chi connectivity index (χ1v) is 3.23. The van der Waals surface area contributed by atoms with Crippen molar-refractivity contribution in [3.63, 3.8) is 0 Å². The molecule has 0 aromatic rings. The van der Waals surface area contributed by atoms with Crippen LogP contribution in [0.5, 0.6) is 0 Å². The Morgan fingerprint density at radius 1 is 1.56 bits per heavy atom. The van der Waals surface area contributed by atoms with E-state index in [0.29, 0.717) is 12.5 Å². The van der Waals surface area contributed by atoms with Gasteiger partial charge in [-0.25, -0.2) is 0 Å². The molecule has 1 atom stereocenters. The third kappa shape index (κ3) is 3.10. The Hall–Kier alpha value is -0.550. The second-order valence-corrected chi connectivity index (χ2v) is 2.25. The lowest BCUT2D eigenvalue weighted by Crippen LogP contribution is -2.16. The van der Waals surface area contributed by atoms with Gasteiger partial charge in [0, 0.05) is 6.61 Å². The number of hydrogen-bond acceptors (Lipinski definition) is 2. The Morgan fingerprint density at radius 3 is 2.22 bits per heavy atom. The van der Waals surface area contributed by atoms with Gasteiger partial charge in [-0.2, -0.15) is 5.26 Å². The molecular weight excluding hydrogens is 114 g/mol. The quantitative estimate of drug-likeness (QED) is 0.576. The highest BCUT2D eigenvalue weighted by atomic mass is 16.5. The van der Waals surface area contributed by atoms with Crippen LogP contribution in [0.25, 0.3) is 0 Å². The first kappa shape index (κ1) is 8.45. The molecule has 0 amide bonds. The van der Waals surface area contributed by atoms with Crippen LogP contribution in [0.1, 0.15) is 20.8 Å². The lowest BCUT2D eigenvalue weighted by Gasteiger charge is -2.11. The number of nitrogens with zero attached hydrogens (tertiary/aromatic N) is 1. The van der Waals surface area contributed by atoms with E-state index in [4.69, 9.17) is 10.00 Å². The number of rotatable bonds is 3. The molecule has 0 fully saturated rings. The topological polar surface area (TPSA) is 33.0 Å². The van der Waals surface area contributed by atoms with E-state index in [0.717, 1.165) is 0 Å². The second-order valence-electron chi connectivity index (χ2n) is 2.25. The van der Waals surface area contributed by atoms with Gasteiger partial charge >= 0.3 is 0 Å². The van der Waals surface area contributed by atoms with Crippen molar-refractivity contribution >= 4 is 0 Å². The summed E-state index contributed by atoms with van der Waals surface area (Å²) in [6.07, 6.45) is -0.227. The zero-order chi connectivity index (χ0) is 7.28. The molecule has 0 aliphatic rings. The van der Waals surface area contributed by atoms with Crippen LogP contribution in [-0.2, 0) is 4.74 Å². The minimum atomic E-state index is -0.227. The zero-order valence-corrected chi connectivity index (χ0v) is 6.22. The van der Waals surface area contributed by atoms with Crippen LogP contribution in [-0.4, -0.2) is 12.7 Å². The number of nitriles is 1. The first-order valence-electron chi connectivity index (χ1n) is 3.23. The third-order valence-corrected chi connectivity index (χ3v) is 1.08. The summed E-state index contributed by atoms with van der Waals surface area (Å²) < 4.78 is 5.09. The van der Waals surface area contributed by atoms with E-state index in [-0.39, 0.29) is 6.10 Å². The summed E-state index contributed by atoms with van der Waals surface area (Å²) in [4.78, 5) is 0. The Bertz CT molecular complexity index is 104. The lowest BCUT2D eigenvalue weighted by molar-refractivity contribution is 0.0700. The van der Waals surface area contributed by atoms with Gasteiger partial charge in [-0.1, -0.05) is 13.8 Å². The second kappa shape index (κ2) is 4.34. The van der Waals surface area contributed by atoms with Gasteiger partial charge in [0.2, 0.25) is 0 Å². The minimum Gasteiger partial charge on any atom is -0.363 e. The molecular formula is C7H13NO. The average Bonchev–Trinajstić information content (AvgIpc) is 1.82. The van der Waals surface area contributed by atoms with Gasteiger partial charge < -0.3 is 4.74 Å². The van der Waals surface area contributed by atoms with E-state index in [9.17, 15) is 0 Å². The van der Waals surface area contributed by atoms with Gasteiger partial charge in [-0.3, -0.25) is 0 Å². The molecule has 52 valence electrons. The molecule has 0 N–H and O–H groups in total. The fourth-order valence-corrected chi connectivity index (χ4v) is 0.558. The normalized spacial score (nSPS) is 13.2. The van der Waals surface area contributed by atoms with Crippen LogP contribution in [0.2, 0.25) is 0 Å². The van der Waals surface area contributed by atoms with Crippen molar-refractivity contribution in [3.8, 4) is 6.07 Å². The van der Waals surface area contributed by atoms with Gasteiger partial charge in [0.15, 0.2) is 0 Å². The minimum absolute atomic E-state index is 0.227. The Labute approximate surface area is 56.4 Å². The van der Waals surface area contributed by atoms with Crippen molar-refractivity contribution in [1.29, 1.82) is 5.26 Å². The Morgan fingerprint density at radius 2 is 2.11 bits per heavy atom. The molecule has 9 heavy (non-hydrogen) atoms. The van der Waals surface area contributed by atoms with E-state index in [1.165, 1.54) is 0 Å². The summed E-state index contributed by atoms with van der Waals surface area (Å²) in [7, 11) is 0. The summed E-state index contributed by atoms with van der Waals surface area (Å²) in [5, 5.41) is 8.45. The van der Waals surface area contributed by atoms with Gasteiger partial charge in [0.05, 0.1) is 6.07 Å². The summed E-state index contributed by atoms with van der Waals surface area (Å²) in [6.45, 7) is 6.47. The molecule has 0 bridgehead atoms. The highest BCUT2D eigenvalue weighted by Gasteiger charge is 2.09. The van der Waals surface area contributed by atoms with Crippen molar-refractivity contribution in [2.24, 2.45) is 5.92 Å². The van der Waals surface area contributed by atoms with Crippen LogP contribution in [0, 0.1) is 17.2 Å². The summed E-state index contributed by atoms with van der Waals surface area (Å²) >= 11 is 0. The lowest BCUT2D eigenvalue weighted by atomic mass is 10.1. The monoisotopic (exact) mass is 127 g/mol. The van der Waals surface area contributed by atoms with Crippen LogP contribution in [0.3, 0.4) is 0 Å². The standard InChI is InChI=1S/C7H13NO/c1-4-9-7(5-8)6(2)3/h6-7H,4H2,1-3H3/t7-/m1/s1. The van der Waals surface area contributed by atoms with Crippen molar-refractivity contribution in [2.45, 2.75) is 26.9 Å². The molecule has 0 saturated carbocycles. The molecule has 0 aliphatic heterocycles. The maximum Gasteiger partial charge on any atom is 0.146 e. The van der Waals surface area contributed by atoms with Crippen LogP contribution in [0.4, 0.5) is 0 Å². The average molecular weight is 127 g/mol. The first-order chi connectivity index (χ1) is 4.22. The van der Waals surface area contributed by atoms with Crippen LogP contribution >= 0.6 is 0 Å². The molecule has 0 radical (unpaired) electrons. The van der Waals surface area contributed by atoms with Gasteiger partial charge in [-0.15, -0.1) is 0 Å². The largest absolute Gasteiger partial charge is 0.363 e. The summed E-state index contributed by atoms with van der Waals surface area (Å²) in [6, 6.07) is 2.08. The molecule has 0 heterocycles. The van der Waals surface area contributed by atoms with Crippen molar-refractivity contribution < 1.29 is 4.74 Å². The SMILES string of the molecule is CCO[C@H](C#N)C(C)C. The molecule has 0 aromatic heterocycles.